The first-order valence-electron chi connectivity index (χ1n) is 6.86. The molecule has 116 valence electrons. The van der Waals surface area contributed by atoms with E-state index in [9.17, 15) is 4.79 Å². The van der Waals surface area contributed by atoms with Gasteiger partial charge >= 0.3 is 0 Å². The lowest BCUT2D eigenvalue weighted by molar-refractivity contribution is 0.101. The van der Waals surface area contributed by atoms with Crippen LogP contribution in [0.4, 0.5) is 5.82 Å². The topological polar surface area (TPSA) is 107 Å². The second-order valence-electron chi connectivity index (χ2n) is 4.85. The maximum atomic E-state index is 12.0. The van der Waals surface area contributed by atoms with Crippen LogP contribution >= 0.6 is 0 Å². The molecule has 1 aromatic carbocycles. The Bertz CT molecular complexity index is 842. The zero-order valence-corrected chi connectivity index (χ0v) is 11.9. The highest BCUT2D eigenvalue weighted by molar-refractivity contribution is 6.00. The molecule has 1 aliphatic rings. The summed E-state index contributed by atoms with van der Waals surface area (Å²) in [6, 6.07) is 7.39. The molecule has 0 saturated heterocycles. The van der Waals surface area contributed by atoms with Crippen molar-refractivity contribution >= 4 is 11.7 Å². The van der Waals surface area contributed by atoms with Gasteiger partial charge in [-0.25, -0.2) is 9.67 Å². The van der Waals surface area contributed by atoms with E-state index in [0.717, 1.165) is 11.3 Å². The highest BCUT2D eigenvalue weighted by atomic mass is 16.7. The monoisotopic (exact) mass is 312 g/mol. The van der Waals surface area contributed by atoms with Crippen molar-refractivity contribution in [1.29, 1.82) is 0 Å². The minimum Gasteiger partial charge on any atom is -0.454 e. The second-order valence-corrected chi connectivity index (χ2v) is 4.85. The summed E-state index contributed by atoms with van der Waals surface area (Å²) < 4.78 is 12.3. The van der Waals surface area contributed by atoms with Crippen molar-refractivity contribution < 1.29 is 14.3 Å². The lowest BCUT2D eigenvalue weighted by Gasteiger charge is -2.08. The molecule has 0 unspecified atom stereocenters. The molecule has 9 nitrogen and oxygen atoms in total. The van der Waals surface area contributed by atoms with Crippen molar-refractivity contribution in [2.24, 2.45) is 0 Å². The number of nitrogens with zero attached hydrogens (tertiary/aromatic N) is 4. The summed E-state index contributed by atoms with van der Waals surface area (Å²) in [5, 5.41) is 13.1. The molecule has 0 saturated carbocycles. The number of anilines is 1. The van der Waals surface area contributed by atoms with E-state index in [1.165, 1.54) is 6.33 Å². The Morgan fingerprint density at radius 2 is 2.22 bits per heavy atom. The maximum absolute atomic E-state index is 12.0. The van der Waals surface area contributed by atoms with E-state index in [1.807, 2.05) is 18.2 Å². The summed E-state index contributed by atoms with van der Waals surface area (Å²) >= 11 is 0. The average Bonchev–Trinajstić information content (AvgIpc) is 3.28. The number of nitrogens with one attached hydrogen (secondary N) is 2. The number of amides is 1. The Hall–Kier alpha value is -3.36. The maximum Gasteiger partial charge on any atom is 0.294 e. The van der Waals surface area contributed by atoms with Gasteiger partial charge in [-0.05, 0) is 17.7 Å². The van der Waals surface area contributed by atoms with Gasteiger partial charge in [0.2, 0.25) is 12.6 Å². The lowest BCUT2D eigenvalue weighted by atomic mass is 10.2. The number of H-pyrrole nitrogens is 1. The first-order valence-corrected chi connectivity index (χ1v) is 6.86. The van der Waals surface area contributed by atoms with E-state index in [2.05, 4.69) is 25.6 Å². The van der Waals surface area contributed by atoms with Crippen molar-refractivity contribution in [2.75, 3.05) is 12.1 Å². The molecule has 0 radical (unpaired) electrons. The van der Waals surface area contributed by atoms with Crippen LogP contribution in [0.25, 0.3) is 0 Å². The molecule has 0 spiro atoms. The number of ether oxygens (including phenoxy) is 2. The Morgan fingerprint density at radius 3 is 3.09 bits per heavy atom. The third kappa shape index (κ3) is 2.59. The highest BCUT2D eigenvalue weighted by Crippen LogP contribution is 2.32. The molecule has 4 rings (SSSR count). The third-order valence-corrected chi connectivity index (χ3v) is 3.36. The predicted molar refractivity (Wildman–Crippen MR) is 78.2 cm³/mol. The molecule has 3 heterocycles. The number of hydrogen-bond acceptors (Lipinski definition) is 6. The summed E-state index contributed by atoms with van der Waals surface area (Å²) in [4.78, 5) is 15.8. The van der Waals surface area contributed by atoms with Crippen LogP contribution < -0.4 is 14.8 Å². The van der Waals surface area contributed by atoms with E-state index in [4.69, 9.17) is 9.47 Å². The van der Waals surface area contributed by atoms with Crippen molar-refractivity contribution in [1.82, 2.24) is 25.0 Å². The van der Waals surface area contributed by atoms with Gasteiger partial charge in [0.05, 0.1) is 12.7 Å². The highest BCUT2D eigenvalue weighted by Gasteiger charge is 2.15. The van der Waals surface area contributed by atoms with Crippen molar-refractivity contribution in [3.63, 3.8) is 0 Å². The van der Waals surface area contributed by atoms with Gasteiger partial charge in [-0.3, -0.25) is 9.89 Å². The van der Waals surface area contributed by atoms with Crippen LogP contribution in [-0.4, -0.2) is 37.7 Å². The number of benzene rings is 1. The molecule has 1 amide bonds. The quantitative estimate of drug-likeness (QED) is 0.745. The molecule has 1 aliphatic heterocycles. The lowest BCUT2D eigenvalue weighted by Crippen LogP contribution is -2.17. The summed E-state index contributed by atoms with van der Waals surface area (Å²) in [5.74, 6) is 1.76. The van der Waals surface area contributed by atoms with Crippen LogP contribution in [0.3, 0.4) is 0 Å². The van der Waals surface area contributed by atoms with E-state index in [-0.39, 0.29) is 18.5 Å². The van der Waals surface area contributed by atoms with E-state index in [0.29, 0.717) is 18.1 Å². The minimum absolute atomic E-state index is 0.140. The fourth-order valence-corrected chi connectivity index (χ4v) is 2.27. The fraction of sp³-hybridized carbons (Fsp3) is 0.143. The van der Waals surface area contributed by atoms with Crippen molar-refractivity contribution in [3.8, 4) is 11.5 Å². The average molecular weight is 312 g/mol. The third-order valence-electron chi connectivity index (χ3n) is 3.36. The Labute approximate surface area is 130 Å². The van der Waals surface area contributed by atoms with Crippen LogP contribution in [0.1, 0.15) is 16.2 Å². The normalized spacial score (nSPS) is 12.3. The molecule has 23 heavy (non-hydrogen) atoms. The van der Waals surface area contributed by atoms with Gasteiger partial charge in [-0.2, -0.15) is 10.2 Å². The first kappa shape index (κ1) is 13.3. The summed E-state index contributed by atoms with van der Waals surface area (Å²) in [6.45, 7) is 0.717. The fourth-order valence-electron chi connectivity index (χ4n) is 2.27. The zero-order chi connectivity index (χ0) is 15.6. The number of aromatic nitrogens is 5. The molecular weight excluding hydrogens is 300 g/mol. The molecule has 3 aromatic rings. The predicted octanol–water partition coefficient (Wildman–Crippen LogP) is 1.03. The summed E-state index contributed by atoms with van der Waals surface area (Å²) in [6.07, 6.45) is 2.89. The number of carbonyl (C=O) groups is 1. The van der Waals surface area contributed by atoms with Gasteiger partial charge in [0.25, 0.3) is 5.91 Å². The van der Waals surface area contributed by atoms with Gasteiger partial charge in [0.15, 0.2) is 11.5 Å². The Balaban J connectivity index is 1.52. The molecular formula is C14H12N6O3. The molecule has 9 heteroatoms. The van der Waals surface area contributed by atoms with Crippen LogP contribution in [0.2, 0.25) is 0 Å². The summed E-state index contributed by atoms with van der Waals surface area (Å²) in [5.41, 5.74) is 0.980. The smallest absolute Gasteiger partial charge is 0.294 e. The SMILES string of the molecule is O=C(Nc1ccnn1Cc1ccc2c(c1)OCO2)c1ncn[nH]1. The Kier molecular flexibility index (Phi) is 3.15. The summed E-state index contributed by atoms with van der Waals surface area (Å²) in [7, 11) is 0. The standard InChI is InChI=1S/C14H12N6O3/c21-14(13-15-7-16-19-13)18-12-3-4-17-20(12)6-9-1-2-10-11(5-9)23-8-22-10/h1-5,7H,6,8H2,(H,18,21)(H,15,16,19). The molecule has 2 aromatic heterocycles. The van der Waals surface area contributed by atoms with Gasteiger partial charge in [-0.15, -0.1) is 0 Å². The van der Waals surface area contributed by atoms with Crippen molar-refractivity contribution in [3.05, 3.63) is 48.2 Å². The van der Waals surface area contributed by atoms with Gasteiger partial charge in [-0.1, -0.05) is 6.07 Å². The second kappa shape index (κ2) is 5.44. The zero-order valence-electron chi connectivity index (χ0n) is 11.9. The molecule has 0 atom stereocenters. The van der Waals surface area contributed by atoms with Crippen LogP contribution in [0.15, 0.2) is 36.8 Å². The van der Waals surface area contributed by atoms with E-state index >= 15 is 0 Å². The first-order chi connectivity index (χ1) is 11.3. The largest absolute Gasteiger partial charge is 0.454 e. The number of carbonyl (C=O) groups excluding carboxylic acids is 1. The van der Waals surface area contributed by atoms with Crippen LogP contribution in [0, 0.1) is 0 Å². The molecule has 2 N–H and O–H groups in total. The number of hydrogen-bond donors (Lipinski definition) is 2. The Morgan fingerprint density at radius 1 is 1.30 bits per heavy atom. The van der Waals surface area contributed by atoms with Gasteiger partial charge in [0, 0.05) is 6.07 Å². The number of aromatic amines is 1. The van der Waals surface area contributed by atoms with E-state index < -0.39 is 0 Å². The molecule has 0 fully saturated rings. The number of fused-ring (bicyclic) bond motifs is 1. The van der Waals surface area contributed by atoms with Crippen molar-refractivity contribution in [2.45, 2.75) is 6.54 Å². The minimum atomic E-state index is -0.380. The van der Waals surface area contributed by atoms with Gasteiger partial charge in [0.1, 0.15) is 12.1 Å². The van der Waals surface area contributed by atoms with E-state index in [1.54, 1.807) is 16.9 Å². The van der Waals surface area contributed by atoms with Gasteiger partial charge < -0.3 is 14.8 Å². The number of rotatable bonds is 4. The molecule has 0 aliphatic carbocycles. The van der Waals surface area contributed by atoms with Crippen LogP contribution in [-0.2, 0) is 6.54 Å². The van der Waals surface area contributed by atoms with Crippen LogP contribution in [0.5, 0.6) is 11.5 Å². The molecule has 0 bridgehead atoms.